The molecule has 0 aromatic heterocycles. The van der Waals surface area contributed by atoms with Gasteiger partial charge in [0.1, 0.15) is 0 Å². The first-order chi connectivity index (χ1) is 8.60. The monoisotopic (exact) mass is 251 g/mol. The van der Waals surface area contributed by atoms with Crippen molar-refractivity contribution in [1.29, 1.82) is 0 Å². The van der Waals surface area contributed by atoms with Crippen LogP contribution in [0.5, 0.6) is 0 Å². The molecule has 4 aliphatic rings. The standard InChI is InChI=1S/C16H29NO/c1-10(2)16(9-18,17-3)15-13-5-11-4-12(7-13)8-14(15)6-11/h10-15,17-18H,4-9H2,1-3H3. The Kier molecular flexibility index (Phi) is 3.22. The third-order valence-electron chi connectivity index (χ3n) is 6.58. The Bertz CT molecular complexity index is 280. The smallest absolute Gasteiger partial charge is 0.0618 e. The highest BCUT2D eigenvalue weighted by Gasteiger charge is 2.55. The summed E-state index contributed by atoms with van der Waals surface area (Å²) in [5.41, 5.74) is -0.0391. The van der Waals surface area contributed by atoms with E-state index in [0.717, 1.165) is 23.7 Å². The Morgan fingerprint density at radius 2 is 1.56 bits per heavy atom. The number of hydrogen-bond acceptors (Lipinski definition) is 2. The van der Waals surface area contributed by atoms with E-state index in [1.807, 2.05) is 0 Å². The third-order valence-corrected chi connectivity index (χ3v) is 6.58. The van der Waals surface area contributed by atoms with Gasteiger partial charge in [-0.3, -0.25) is 0 Å². The third kappa shape index (κ3) is 1.68. The highest BCUT2D eigenvalue weighted by atomic mass is 16.3. The zero-order valence-electron chi connectivity index (χ0n) is 12.2. The van der Waals surface area contributed by atoms with E-state index >= 15 is 0 Å². The molecule has 2 N–H and O–H groups in total. The van der Waals surface area contributed by atoms with Crippen LogP contribution < -0.4 is 5.32 Å². The molecule has 0 heterocycles. The van der Waals surface area contributed by atoms with Gasteiger partial charge in [0.25, 0.3) is 0 Å². The Balaban J connectivity index is 1.91. The van der Waals surface area contributed by atoms with Gasteiger partial charge in [-0.25, -0.2) is 0 Å². The zero-order chi connectivity index (χ0) is 12.9. The van der Waals surface area contributed by atoms with Crippen LogP contribution in [0.25, 0.3) is 0 Å². The highest BCUT2D eigenvalue weighted by molar-refractivity contribution is 5.08. The zero-order valence-corrected chi connectivity index (χ0v) is 12.2. The second kappa shape index (κ2) is 4.49. The predicted molar refractivity (Wildman–Crippen MR) is 74.2 cm³/mol. The van der Waals surface area contributed by atoms with Gasteiger partial charge >= 0.3 is 0 Å². The molecule has 0 aromatic carbocycles. The van der Waals surface area contributed by atoms with E-state index in [1.165, 1.54) is 32.1 Å². The average molecular weight is 251 g/mol. The molecule has 0 amide bonds. The highest BCUT2D eigenvalue weighted by Crippen LogP contribution is 2.59. The summed E-state index contributed by atoms with van der Waals surface area (Å²) in [5, 5.41) is 13.6. The Morgan fingerprint density at radius 1 is 1.06 bits per heavy atom. The lowest BCUT2D eigenvalue weighted by atomic mass is 9.47. The molecular weight excluding hydrogens is 222 g/mol. The fraction of sp³-hybridized carbons (Fsp3) is 1.00. The molecule has 0 spiro atoms. The molecule has 4 bridgehead atoms. The summed E-state index contributed by atoms with van der Waals surface area (Å²) in [4.78, 5) is 0. The summed E-state index contributed by atoms with van der Waals surface area (Å²) in [5.74, 6) is 5.01. The molecular formula is C16H29NO. The second-order valence-corrected chi connectivity index (χ2v) is 7.56. The summed E-state index contributed by atoms with van der Waals surface area (Å²) >= 11 is 0. The SMILES string of the molecule is CNC(CO)(C(C)C)C1C2CC3CC(C2)CC1C3. The largest absolute Gasteiger partial charge is 0.394 e. The molecule has 0 radical (unpaired) electrons. The van der Waals surface area contributed by atoms with E-state index in [0.29, 0.717) is 18.4 Å². The van der Waals surface area contributed by atoms with Crippen molar-refractivity contribution in [3.05, 3.63) is 0 Å². The molecule has 104 valence electrons. The summed E-state index contributed by atoms with van der Waals surface area (Å²) in [7, 11) is 2.06. The number of aliphatic hydroxyl groups excluding tert-OH is 1. The van der Waals surface area contributed by atoms with Gasteiger partial charge in [-0.15, -0.1) is 0 Å². The lowest BCUT2D eigenvalue weighted by Crippen LogP contribution is -2.64. The topological polar surface area (TPSA) is 32.3 Å². The van der Waals surface area contributed by atoms with Gasteiger partial charge in [-0.1, -0.05) is 13.8 Å². The number of likely N-dealkylation sites (N-methyl/N-ethyl adjacent to an activating group) is 1. The van der Waals surface area contributed by atoms with Gasteiger partial charge in [0, 0.05) is 5.54 Å². The van der Waals surface area contributed by atoms with E-state index in [9.17, 15) is 5.11 Å². The quantitative estimate of drug-likeness (QED) is 0.805. The summed E-state index contributed by atoms with van der Waals surface area (Å²) in [6.45, 7) is 4.85. The van der Waals surface area contributed by atoms with Crippen molar-refractivity contribution in [3.8, 4) is 0 Å². The van der Waals surface area contributed by atoms with Gasteiger partial charge in [0.15, 0.2) is 0 Å². The van der Waals surface area contributed by atoms with E-state index < -0.39 is 0 Å². The van der Waals surface area contributed by atoms with Crippen molar-refractivity contribution < 1.29 is 5.11 Å². The van der Waals surface area contributed by atoms with Gasteiger partial charge in [0.05, 0.1) is 6.61 Å². The average Bonchev–Trinajstić information content (AvgIpc) is 2.32. The molecule has 4 saturated carbocycles. The van der Waals surface area contributed by atoms with Gasteiger partial charge in [-0.05, 0) is 74.7 Å². The maximum absolute atomic E-state index is 10.1. The van der Waals surface area contributed by atoms with Crippen molar-refractivity contribution in [2.75, 3.05) is 13.7 Å². The molecule has 0 saturated heterocycles. The molecule has 1 atom stereocenters. The minimum atomic E-state index is -0.0391. The molecule has 2 nitrogen and oxygen atoms in total. The van der Waals surface area contributed by atoms with Crippen LogP contribution >= 0.6 is 0 Å². The number of nitrogens with one attached hydrogen (secondary N) is 1. The summed E-state index contributed by atoms with van der Waals surface area (Å²) in [6.07, 6.45) is 7.26. The Hall–Kier alpha value is -0.0800. The lowest BCUT2D eigenvalue weighted by Gasteiger charge is -2.60. The molecule has 4 aliphatic carbocycles. The van der Waals surface area contributed by atoms with Crippen LogP contribution in [-0.4, -0.2) is 24.3 Å². The van der Waals surface area contributed by atoms with E-state index in [4.69, 9.17) is 0 Å². The van der Waals surface area contributed by atoms with Crippen LogP contribution in [0.3, 0.4) is 0 Å². The molecule has 4 rings (SSSR count). The lowest BCUT2D eigenvalue weighted by molar-refractivity contribution is -0.102. The first-order valence-electron chi connectivity index (χ1n) is 7.90. The van der Waals surface area contributed by atoms with Gasteiger partial charge < -0.3 is 10.4 Å². The number of aliphatic hydroxyl groups is 1. The molecule has 1 unspecified atom stereocenters. The number of hydrogen-bond donors (Lipinski definition) is 2. The van der Waals surface area contributed by atoms with Crippen molar-refractivity contribution in [2.45, 2.75) is 51.5 Å². The predicted octanol–water partition coefficient (Wildman–Crippen LogP) is 2.67. The van der Waals surface area contributed by atoms with E-state index in [1.54, 1.807) is 0 Å². The van der Waals surface area contributed by atoms with Crippen LogP contribution in [0, 0.1) is 35.5 Å². The van der Waals surface area contributed by atoms with Crippen LogP contribution in [0.15, 0.2) is 0 Å². The summed E-state index contributed by atoms with van der Waals surface area (Å²) < 4.78 is 0. The van der Waals surface area contributed by atoms with Crippen LogP contribution in [0.1, 0.15) is 46.0 Å². The Labute approximate surface area is 112 Å². The first-order valence-corrected chi connectivity index (χ1v) is 7.90. The van der Waals surface area contributed by atoms with Crippen LogP contribution in [0.4, 0.5) is 0 Å². The maximum Gasteiger partial charge on any atom is 0.0618 e. The molecule has 0 aliphatic heterocycles. The molecule has 4 fully saturated rings. The van der Waals surface area contributed by atoms with Crippen molar-refractivity contribution >= 4 is 0 Å². The summed E-state index contributed by atoms with van der Waals surface area (Å²) in [6, 6.07) is 0. The minimum absolute atomic E-state index is 0.0391. The molecule has 2 heteroatoms. The molecule has 0 aromatic rings. The minimum Gasteiger partial charge on any atom is -0.394 e. The van der Waals surface area contributed by atoms with Crippen molar-refractivity contribution in [2.24, 2.45) is 35.5 Å². The van der Waals surface area contributed by atoms with E-state index in [-0.39, 0.29) is 5.54 Å². The van der Waals surface area contributed by atoms with E-state index in [2.05, 4.69) is 26.2 Å². The fourth-order valence-electron chi connectivity index (χ4n) is 5.97. The normalized spacial score (nSPS) is 45.5. The van der Waals surface area contributed by atoms with Gasteiger partial charge in [-0.2, -0.15) is 0 Å². The van der Waals surface area contributed by atoms with Crippen molar-refractivity contribution in [3.63, 3.8) is 0 Å². The van der Waals surface area contributed by atoms with Crippen LogP contribution in [-0.2, 0) is 0 Å². The number of rotatable bonds is 4. The fourth-order valence-corrected chi connectivity index (χ4v) is 5.97. The second-order valence-electron chi connectivity index (χ2n) is 7.56. The maximum atomic E-state index is 10.1. The molecule has 18 heavy (non-hydrogen) atoms. The van der Waals surface area contributed by atoms with Crippen molar-refractivity contribution in [1.82, 2.24) is 5.32 Å². The van der Waals surface area contributed by atoms with Crippen LogP contribution in [0.2, 0.25) is 0 Å². The first kappa shape index (κ1) is 12.9. The Morgan fingerprint density at radius 3 is 1.89 bits per heavy atom. The van der Waals surface area contributed by atoms with Gasteiger partial charge in [0.2, 0.25) is 0 Å².